The van der Waals surface area contributed by atoms with Crippen LogP contribution in [0.2, 0.25) is 0 Å². The summed E-state index contributed by atoms with van der Waals surface area (Å²) in [6, 6.07) is 2.08. The van der Waals surface area contributed by atoms with Crippen molar-refractivity contribution < 1.29 is 4.74 Å². The van der Waals surface area contributed by atoms with E-state index < -0.39 is 0 Å². The van der Waals surface area contributed by atoms with Crippen molar-refractivity contribution in [3.8, 4) is 0 Å². The highest BCUT2D eigenvalue weighted by Gasteiger charge is 2.38. The maximum atomic E-state index is 5.56. The van der Waals surface area contributed by atoms with Crippen molar-refractivity contribution >= 4 is 0 Å². The molecule has 1 aliphatic heterocycles. The molecule has 1 saturated carbocycles. The van der Waals surface area contributed by atoms with Gasteiger partial charge in [-0.2, -0.15) is 0 Å². The number of piperazine rings is 1. The quantitative estimate of drug-likeness (QED) is 0.848. The topological polar surface area (TPSA) is 24.5 Å². The number of nitrogens with zero attached hydrogens (tertiary/aromatic N) is 1. The van der Waals surface area contributed by atoms with Gasteiger partial charge in [0.25, 0.3) is 0 Å². The van der Waals surface area contributed by atoms with E-state index in [0.717, 1.165) is 24.4 Å². The lowest BCUT2D eigenvalue weighted by Crippen LogP contribution is -2.62. The van der Waals surface area contributed by atoms with Crippen LogP contribution in [0.5, 0.6) is 0 Å². The maximum absolute atomic E-state index is 5.56. The third-order valence-electron chi connectivity index (χ3n) is 5.16. The SMILES string of the molecule is COC1CCC(N2CC(C(C)C)NCC2C(C)C)C1. The lowest BCUT2D eigenvalue weighted by atomic mass is 9.92. The third-order valence-corrected chi connectivity index (χ3v) is 5.16. The molecule has 3 heteroatoms. The highest BCUT2D eigenvalue weighted by atomic mass is 16.5. The Labute approximate surface area is 119 Å². The van der Waals surface area contributed by atoms with Crippen LogP contribution in [0.3, 0.4) is 0 Å². The molecule has 19 heavy (non-hydrogen) atoms. The van der Waals surface area contributed by atoms with Gasteiger partial charge in [0.2, 0.25) is 0 Å². The van der Waals surface area contributed by atoms with Crippen LogP contribution >= 0.6 is 0 Å². The molecular formula is C16H32N2O. The summed E-state index contributed by atoms with van der Waals surface area (Å²) in [5.41, 5.74) is 0. The highest BCUT2D eigenvalue weighted by Crippen LogP contribution is 2.31. The number of hydrogen-bond acceptors (Lipinski definition) is 3. The second-order valence-electron chi connectivity index (χ2n) is 7.09. The molecule has 0 aromatic carbocycles. The summed E-state index contributed by atoms with van der Waals surface area (Å²) in [6.45, 7) is 11.7. The van der Waals surface area contributed by atoms with E-state index in [1.807, 2.05) is 7.11 Å². The lowest BCUT2D eigenvalue weighted by molar-refractivity contribution is 0.0366. The molecule has 1 heterocycles. The summed E-state index contributed by atoms with van der Waals surface area (Å²) in [5, 5.41) is 3.76. The summed E-state index contributed by atoms with van der Waals surface area (Å²) >= 11 is 0. The molecule has 2 aliphatic rings. The molecule has 112 valence electrons. The molecule has 0 aromatic heterocycles. The molecule has 1 N–H and O–H groups in total. The number of ether oxygens (including phenoxy) is 1. The minimum atomic E-state index is 0.491. The van der Waals surface area contributed by atoms with Gasteiger partial charge in [-0.15, -0.1) is 0 Å². The van der Waals surface area contributed by atoms with Crippen LogP contribution in [0.15, 0.2) is 0 Å². The number of hydrogen-bond donors (Lipinski definition) is 1. The zero-order chi connectivity index (χ0) is 14.0. The molecule has 2 rings (SSSR count). The van der Waals surface area contributed by atoms with Crippen molar-refractivity contribution in [2.24, 2.45) is 11.8 Å². The molecule has 1 aliphatic carbocycles. The first kappa shape index (κ1) is 15.3. The van der Waals surface area contributed by atoms with E-state index in [-0.39, 0.29) is 0 Å². The average Bonchev–Trinajstić information content (AvgIpc) is 2.86. The van der Waals surface area contributed by atoms with Crippen LogP contribution in [0.1, 0.15) is 47.0 Å². The minimum Gasteiger partial charge on any atom is -0.381 e. The van der Waals surface area contributed by atoms with E-state index >= 15 is 0 Å². The molecule has 4 atom stereocenters. The highest BCUT2D eigenvalue weighted by molar-refractivity contribution is 4.95. The zero-order valence-electron chi connectivity index (χ0n) is 13.4. The Morgan fingerprint density at radius 3 is 2.37 bits per heavy atom. The Morgan fingerprint density at radius 2 is 1.84 bits per heavy atom. The second-order valence-corrected chi connectivity index (χ2v) is 7.09. The van der Waals surface area contributed by atoms with Gasteiger partial charge in [0.15, 0.2) is 0 Å². The van der Waals surface area contributed by atoms with Gasteiger partial charge in [-0.25, -0.2) is 0 Å². The average molecular weight is 268 g/mol. The monoisotopic (exact) mass is 268 g/mol. The van der Waals surface area contributed by atoms with Gasteiger partial charge in [-0.3, -0.25) is 4.90 Å². The van der Waals surface area contributed by atoms with Crippen molar-refractivity contribution in [1.82, 2.24) is 10.2 Å². The van der Waals surface area contributed by atoms with Gasteiger partial charge in [0.05, 0.1) is 6.10 Å². The van der Waals surface area contributed by atoms with E-state index in [9.17, 15) is 0 Å². The molecule has 1 saturated heterocycles. The van der Waals surface area contributed by atoms with Gasteiger partial charge in [-0.05, 0) is 31.1 Å². The van der Waals surface area contributed by atoms with Gasteiger partial charge in [0, 0.05) is 38.3 Å². The molecule has 2 fully saturated rings. The third kappa shape index (κ3) is 3.50. The van der Waals surface area contributed by atoms with E-state index in [4.69, 9.17) is 4.74 Å². The Bertz CT molecular complexity index is 280. The first-order valence-electron chi connectivity index (χ1n) is 8.04. The zero-order valence-corrected chi connectivity index (χ0v) is 13.4. The molecule has 0 radical (unpaired) electrons. The summed E-state index contributed by atoms with van der Waals surface area (Å²) in [5.74, 6) is 1.44. The Morgan fingerprint density at radius 1 is 1.11 bits per heavy atom. The van der Waals surface area contributed by atoms with Gasteiger partial charge < -0.3 is 10.1 Å². The summed E-state index contributed by atoms with van der Waals surface area (Å²) < 4.78 is 5.56. The summed E-state index contributed by atoms with van der Waals surface area (Å²) in [4.78, 5) is 2.80. The van der Waals surface area contributed by atoms with Crippen molar-refractivity contribution in [2.45, 2.75) is 71.2 Å². The van der Waals surface area contributed by atoms with E-state index in [2.05, 4.69) is 37.9 Å². The fraction of sp³-hybridized carbons (Fsp3) is 1.00. The molecular weight excluding hydrogens is 236 g/mol. The smallest absolute Gasteiger partial charge is 0.0586 e. The molecule has 4 unspecified atom stereocenters. The van der Waals surface area contributed by atoms with Crippen molar-refractivity contribution in [1.29, 1.82) is 0 Å². The fourth-order valence-electron chi connectivity index (χ4n) is 3.73. The summed E-state index contributed by atoms with van der Waals surface area (Å²) in [6.07, 6.45) is 4.27. The molecule has 0 bridgehead atoms. The van der Waals surface area contributed by atoms with Crippen LogP contribution in [0.25, 0.3) is 0 Å². The molecule has 0 spiro atoms. The number of methoxy groups -OCH3 is 1. The van der Waals surface area contributed by atoms with Crippen LogP contribution in [0.4, 0.5) is 0 Å². The van der Waals surface area contributed by atoms with Crippen molar-refractivity contribution in [3.05, 3.63) is 0 Å². The van der Waals surface area contributed by atoms with Crippen molar-refractivity contribution in [3.63, 3.8) is 0 Å². The van der Waals surface area contributed by atoms with E-state index in [1.54, 1.807) is 0 Å². The van der Waals surface area contributed by atoms with Gasteiger partial charge in [-0.1, -0.05) is 27.7 Å². The first-order chi connectivity index (χ1) is 9.02. The Kier molecular flexibility index (Phi) is 5.27. The summed E-state index contributed by atoms with van der Waals surface area (Å²) in [7, 11) is 1.86. The molecule has 3 nitrogen and oxygen atoms in total. The van der Waals surface area contributed by atoms with Crippen LogP contribution in [-0.4, -0.2) is 49.3 Å². The Hall–Kier alpha value is -0.120. The fourth-order valence-corrected chi connectivity index (χ4v) is 3.73. The van der Waals surface area contributed by atoms with Gasteiger partial charge in [0.1, 0.15) is 0 Å². The van der Waals surface area contributed by atoms with E-state index in [0.29, 0.717) is 18.2 Å². The van der Waals surface area contributed by atoms with Crippen LogP contribution in [0, 0.1) is 11.8 Å². The minimum absolute atomic E-state index is 0.491. The second kappa shape index (κ2) is 6.55. The predicted octanol–water partition coefficient (Wildman–Crippen LogP) is 2.51. The van der Waals surface area contributed by atoms with E-state index in [1.165, 1.54) is 25.8 Å². The van der Waals surface area contributed by atoms with Crippen LogP contribution in [-0.2, 0) is 4.74 Å². The number of rotatable bonds is 4. The van der Waals surface area contributed by atoms with Crippen molar-refractivity contribution in [2.75, 3.05) is 20.2 Å². The standard InChI is InChI=1S/C16H32N2O/c1-11(2)15-10-18(16(9-17-15)12(3)4)13-6-7-14(8-13)19-5/h11-17H,6-10H2,1-5H3. The lowest BCUT2D eigenvalue weighted by Gasteiger charge is -2.46. The van der Waals surface area contributed by atoms with Crippen LogP contribution < -0.4 is 5.32 Å². The molecule has 0 amide bonds. The first-order valence-corrected chi connectivity index (χ1v) is 8.04. The largest absolute Gasteiger partial charge is 0.381 e. The Balaban J connectivity index is 2.03. The molecule has 0 aromatic rings. The van der Waals surface area contributed by atoms with Gasteiger partial charge >= 0.3 is 0 Å². The maximum Gasteiger partial charge on any atom is 0.0586 e. The normalized spacial score (nSPS) is 37.4. The number of nitrogens with one attached hydrogen (secondary N) is 1. The predicted molar refractivity (Wildman–Crippen MR) is 80.4 cm³/mol.